The van der Waals surface area contributed by atoms with Crippen molar-refractivity contribution in [3.05, 3.63) is 69.4 Å². The molecule has 1 N–H and O–H groups in total. The zero-order valence-electron chi connectivity index (χ0n) is 16.8. The van der Waals surface area contributed by atoms with E-state index < -0.39 is 0 Å². The molecule has 2 aromatic carbocycles. The van der Waals surface area contributed by atoms with Crippen LogP contribution in [0.5, 0.6) is 0 Å². The Bertz CT molecular complexity index is 808. The van der Waals surface area contributed by atoms with E-state index in [4.69, 9.17) is 4.99 Å². The Morgan fingerprint density at radius 2 is 1.20 bits per heavy atom. The van der Waals surface area contributed by atoms with Gasteiger partial charge in [-0.3, -0.25) is 4.99 Å². The second kappa shape index (κ2) is 7.69. The van der Waals surface area contributed by atoms with Gasteiger partial charge in [0.2, 0.25) is 0 Å². The van der Waals surface area contributed by atoms with Crippen LogP contribution in [0.25, 0.3) is 0 Å². The summed E-state index contributed by atoms with van der Waals surface area (Å²) in [5, 5.41) is 3.54. The third kappa shape index (κ3) is 4.82. The van der Waals surface area contributed by atoms with Crippen molar-refractivity contribution in [1.82, 2.24) is 0 Å². The number of nitrogens with zero attached hydrogens (tertiary/aromatic N) is 1. The van der Waals surface area contributed by atoms with Crippen molar-refractivity contribution in [3.8, 4) is 0 Å². The number of aryl methyl sites for hydroxylation is 6. The fraction of sp³-hybridized carbons (Fsp3) is 0.348. The molecule has 2 heteroatoms. The van der Waals surface area contributed by atoms with Gasteiger partial charge in [0.1, 0.15) is 0 Å². The van der Waals surface area contributed by atoms with E-state index in [9.17, 15) is 0 Å². The summed E-state index contributed by atoms with van der Waals surface area (Å²) in [6, 6.07) is 8.80. The number of anilines is 1. The van der Waals surface area contributed by atoms with Gasteiger partial charge in [-0.1, -0.05) is 35.4 Å². The highest BCUT2D eigenvalue weighted by Gasteiger charge is 2.05. The van der Waals surface area contributed by atoms with Gasteiger partial charge in [0.05, 0.1) is 5.69 Å². The fourth-order valence-electron chi connectivity index (χ4n) is 3.48. The third-order valence-electron chi connectivity index (χ3n) is 4.35. The molecule has 0 heterocycles. The van der Waals surface area contributed by atoms with Gasteiger partial charge in [0.25, 0.3) is 0 Å². The average molecular weight is 335 g/mol. The molecule has 0 radical (unpaired) electrons. The second-order valence-corrected chi connectivity index (χ2v) is 7.23. The second-order valence-electron chi connectivity index (χ2n) is 7.23. The molecule has 0 saturated heterocycles. The van der Waals surface area contributed by atoms with Crippen molar-refractivity contribution < 1.29 is 0 Å². The van der Waals surface area contributed by atoms with Gasteiger partial charge in [-0.2, -0.15) is 0 Å². The molecule has 0 aliphatic heterocycles. The molecular weight excluding hydrogens is 304 g/mol. The SMILES string of the molecule is CC(/C=C(\C)Nc1c(C)cc(C)cc1C)=Nc1c(C)cc(C)cc1C. The van der Waals surface area contributed by atoms with E-state index in [0.29, 0.717) is 0 Å². The van der Waals surface area contributed by atoms with Crippen LogP contribution in [0.2, 0.25) is 0 Å². The van der Waals surface area contributed by atoms with Crippen molar-refractivity contribution >= 4 is 17.1 Å². The zero-order chi connectivity index (χ0) is 18.7. The van der Waals surface area contributed by atoms with Crippen LogP contribution < -0.4 is 5.32 Å². The van der Waals surface area contributed by atoms with Crippen LogP contribution in [-0.2, 0) is 0 Å². The molecule has 0 aliphatic carbocycles. The summed E-state index contributed by atoms with van der Waals surface area (Å²) in [7, 11) is 0. The highest BCUT2D eigenvalue weighted by atomic mass is 14.9. The smallest absolute Gasteiger partial charge is 0.0691 e. The minimum absolute atomic E-state index is 1.00. The monoisotopic (exact) mass is 334 g/mol. The average Bonchev–Trinajstić information content (AvgIpc) is 2.46. The summed E-state index contributed by atoms with van der Waals surface area (Å²) in [5.41, 5.74) is 11.9. The first-order valence-corrected chi connectivity index (χ1v) is 8.83. The molecule has 0 fully saturated rings. The van der Waals surface area contributed by atoms with E-state index in [2.05, 4.69) is 91.0 Å². The summed E-state index contributed by atoms with van der Waals surface area (Å²) in [4.78, 5) is 4.84. The maximum absolute atomic E-state index is 4.84. The number of hydrogen-bond donors (Lipinski definition) is 1. The summed E-state index contributed by atoms with van der Waals surface area (Å²) in [6.45, 7) is 17.0. The lowest BCUT2D eigenvalue weighted by atomic mass is 10.0. The highest BCUT2D eigenvalue weighted by Crippen LogP contribution is 2.26. The molecule has 0 unspecified atom stereocenters. The summed E-state index contributed by atoms with van der Waals surface area (Å²) < 4.78 is 0. The summed E-state index contributed by atoms with van der Waals surface area (Å²) in [6.07, 6.45) is 2.11. The number of benzene rings is 2. The lowest BCUT2D eigenvalue weighted by molar-refractivity contribution is 1.27. The molecule has 0 saturated carbocycles. The molecule has 2 nitrogen and oxygen atoms in total. The Morgan fingerprint density at radius 3 is 1.68 bits per heavy atom. The molecule has 0 aromatic heterocycles. The van der Waals surface area contributed by atoms with E-state index in [-0.39, 0.29) is 0 Å². The Hall–Kier alpha value is -2.35. The number of rotatable bonds is 4. The molecular formula is C23H30N2. The van der Waals surface area contributed by atoms with E-state index in [1.807, 2.05) is 0 Å². The van der Waals surface area contributed by atoms with Gasteiger partial charge in [-0.25, -0.2) is 0 Å². The predicted molar refractivity (Wildman–Crippen MR) is 111 cm³/mol. The predicted octanol–water partition coefficient (Wildman–Crippen LogP) is 6.65. The zero-order valence-corrected chi connectivity index (χ0v) is 16.8. The Morgan fingerprint density at radius 1 is 0.760 bits per heavy atom. The van der Waals surface area contributed by atoms with Crippen molar-refractivity contribution in [2.45, 2.75) is 55.4 Å². The number of nitrogens with one attached hydrogen (secondary N) is 1. The van der Waals surface area contributed by atoms with Crippen molar-refractivity contribution in [3.63, 3.8) is 0 Å². The molecule has 132 valence electrons. The molecule has 0 atom stereocenters. The fourth-order valence-corrected chi connectivity index (χ4v) is 3.48. The first-order chi connectivity index (χ1) is 11.7. The molecule has 0 aliphatic rings. The topological polar surface area (TPSA) is 24.4 Å². The van der Waals surface area contributed by atoms with E-state index >= 15 is 0 Å². The van der Waals surface area contributed by atoms with Gasteiger partial charge in [-0.15, -0.1) is 0 Å². The first kappa shape index (κ1) is 19.0. The molecule has 0 bridgehead atoms. The van der Waals surface area contributed by atoms with Crippen molar-refractivity contribution in [2.24, 2.45) is 4.99 Å². The minimum Gasteiger partial charge on any atom is -0.359 e. The van der Waals surface area contributed by atoms with E-state index in [1.54, 1.807) is 0 Å². The largest absolute Gasteiger partial charge is 0.359 e. The van der Waals surface area contributed by atoms with Crippen LogP contribution in [0.15, 0.2) is 41.0 Å². The summed E-state index contributed by atoms with van der Waals surface area (Å²) in [5.74, 6) is 0. The van der Waals surface area contributed by atoms with Gasteiger partial charge < -0.3 is 5.32 Å². The normalized spacial score (nSPS) is 12.5. The minimum atomic E-state index is 1.00. The highest BCUT2D eigenvalue weighted by molar-refractivity contribution is 5.96. The Kier molecular flexibility index (Phi) is 5.84. The van der Waals surface area contributed by atoms with E-state index in [0.717, 1.165) is 17.1 Å². The van der Waals surface area contributed by atoms with E-state index in [1.165, 1.54) is 39.1 Å². The molecule has 0 amide bonds. The number of allylic oxidation sites excluding steroid dienone is 2. The van der Waals surface area contributed by atoms with Crippen LogP contribution in [0, 0.1) is 41.5 Å². The molecule has 25 heavy (non-hydrogen) atoms. The van der Waals surface area contributed by atoms with Crippen LogP contribution >= 0.6 is 0 Å². The quantitative estimate of drug-likeness (QED) is 0.622. The van der Waals surface area contributed by atoms with Gasteiger partial charge >= 0.3 is 0 Å². The lowest BCUT2D eigenvalue weighted by Gasteiger charge is -2.14. The molecule has 2 rings (SSSR count). The van der Waals surface area contributed by atoms with Gasteiger partial charge in [0.15, 0.2) is 0 Å². The Labute approximate surface area is 152 Å². The van der Waals surface area contributed by atoms with Crippen LogP contribution in [0.4, 0.5) is 11.4 Å². The molecule has 0 spiro atoms. The number of hydrogen-bond acceptors (Lipinski definition) is 2. The standard InChI is InChI=1S/C23H30N2/c1-14-9-16(3)22(17(4)10-14)24-20(7)13-21(8)25-23-18(5)11-15(2)12-19(23)6/h9-13,24H,1-8H3/b20-13+,25-21?. The van der Waals surface area contributed by atoms with Crippen molar-refractivity contribution in [2.75, 3.05) is 5.32 Å². The van der Waals surface area contributed by atoms with Crippen LogP contribution in [0.1, 0.15) is 47.2 Å². The van der Waals surface area contributed by atoms with Gasteiger partial charge in [-0.05, 0) is 83.7 Å². The number of aliphatic imine (C=N–C) groups is 1. The van der Waals surface area contributed by atoms with Crippen molar-refractivity contribution in [1.29, 1.82) is 0 Å². The molecule has 2 aromatic rings. The maximum Gasteiger partial charge on any atom is 0.0691 e. The maximum atomic E-state index is 4.84. The Balaban J connectivity index is 2.28. The van der Waals surface area contributed by atoms with Crippen LogP contribution in [-0.4, -0.2) is 5.71 Å². The first-order valence-electron chi connectivity index (χ1n) is 8.83. The summed E-state index contributed by atoms with van der Waals surface area (Å²) >= 11 is 0. The lowest BCUT2D eigenvalue weighted by Crippen LogP contribution is -2.02. The third-order valence-corrected chi connectivity index (χ3v) is 4.35. The van der Waals surface area contributed by atoms with Gasteiger partial charge in [0, 0.05) is 17.1 Å². The van der Waals surface area contributed by atoms with Crippen LogP contribution in [0.3, 0.4) is 0 Å².